The average Bonchev–Trinajstić information content (AvgIpc) is 3.22. The number of halogens is 6. The van der Waals surface area contributed by atoms with E-state index in [-0.39, 0.29) is 0 Å². The topological polar surface area (TPSA) is 127 Å². The quantitative estimate of drug-likeness (QED) is 0.213. The van der Waals surface area contributed by atoms with Crippen LogP contribution in [0.4, 0.5) is 32.0 Å². The zero-order valence-electron chi connectivity index (χ0n) is 27.7. The number of nitrogens with one attached hydrogen (secondary N) is 2. The first kappa shape index (κ1) is 39.3. The van der Waals surface area contributed by atoms with Crippen LogP contribution in [0, 0.1) is 0 Å². The fourth-order valence-electron chi connectivity index (χ4n) is 5.93. The number of alkyl halides is 6. The third-order valence-electron chi connectivity index (χ3n) is 8.30. The average molecular weight is 705 g/mol. The number of ether oxygens (including phenoxy) is 2. The molecule has 10 nitrogen and oxygen atoms in total. The van der Waals surface area contributed by atoms with Crippen molar-refractivity contribution in [2.45, 2.75) is 57.4 Å². The van der Waals surface area contributed by atoms with Gasteiger partial charge in [0.05, 0.1) is 19.9 Å². The second-order valence-electron chi connectivity index (χ2n) is 11.8. The molecule has 5 rings (SSSR count). The van der Waals surface area contributed by atoms with Crippen molar-refractivity contribution in [2.24, 2.45) is 0 Å². The molecule has 0 saturated carbocycles. The number of aromatic amines is 1. The molecule has 2 aliphatic heterocycles. The largest absolute Gasteiger partial charge is 0.493 e. The first-order valence-electron chi connectivity index (χ1n) is 15.7. The molecule has 2 aromatic carbocycles. The van der Waals surface area contributed by atoms with Crippen molar-refractivity contribution in [3.63, 3.8) is 0 Å². The van der Waals surface area contributed by atoms with Gasteiger partial charge in [-0.15, -0.1) is 0 Å². The summed E-state index contributed by atoms with van der Waals surface area (Å²) in [7, 11) is 3.37. The molecule has 0 amide bonds. The second-order valence-corrected chi connectivity index (χ2v) is 11.8. The number of carboxylic acids is 2. The highest BCUT2D eigenvalue weighted by Gasteiger charge is 2.39. The lowest BCUT2D eigenvalue weighted by Crippen LogP contribution is -2.50. The molecule has 272 valence electrons. The molecule has 0 bridgehead atoms. The van der Waals surface area contributed by atoms with Gasteiger partial charge in [-0.3, -0.25) is 4.90 Å². The maximum absolute atomic E-state index is 10.6. The lowest BCUT2D eigenvalue weighted by Gasteiger charge is -2.40. The number of H-pyrrole nitrogens is 1. The molecule has 1 aromatic heterocycles. The van der Waals surface area contributed by atoms with E-state index in [1.165, 1.54) is 53.7 Å². The van der Waals surface area contributed by atoms with E-state index in [1.54, 1.807) is 14.2 Å². The van der Waals surface area contributed by atoms with Gasteiger partial charge in [-0.25, -0.2) is 9.59 Å². The number of fused-ring (bicyclic) bond motifs is 1. The summed E-state index contributed by atoms with van der Waals surface area (Å²) in [5, 5.41) is 19.1. The molecular formula is C33H42F6N4O6. The molecule has 2 saturated heterocycles. The van der Waals surface area contributed by atoms with Crippen LogP contribution in [0.15, 0.2) is 36.4 Å². The van der Waals surface area contributed by atoms with Crippen LogP contribution in [-0.2, 0) is 9.59 Å². The van der Waals surface area contributed by atoms with E-state index in [1.807, 2.05) is 6.07 Å². The molecular weight excluding hydrogens is 662 g/mol. The van der Waals surface area contributed by atoms with Gasteiger partial charge >= 0.3 is 24.3 Å². The van der Waals surface area contributed by atoms with Crippen LogP contribution in [0.2, 0.25) is 0 Å². The number of rotatable bonds is 6. The predicted octanol–water partition coefficient (Wildman–Crippen LogP) is 6.51. The Kier molecular flexibility index (Phi) is 13.6. The van der Waals surface area contributed by atoms with Crippen molar-refractivity contribution in [1.29, 1.82) is 0 Å². The molecule has 0 spiro atoms. The Hall–Kier alpha value is -4.18. The molecule has 49 heavy (non-hydrogen) atoms. The summed E-state index contributed by atoms with van der Waals surface area (Å²) in [6.45, 7) is 11.4. The number of nitrogens with zero attached hydrogens (tertiary/aromatic N) is 2. The lowest BCUT2D eigenvalue weighted by atomic mass is 9.95. The van der Waals surface area contributed by atoms with Gasteiger partial charge in [0, 0.05) is 54.4 Å². The maximum atomic E-state index is 10.6. The number of hydrogen-bond donors (Lipinski definition) is 4. The third-order valence-corrected chi connectivity index (χ3v) is 8.30. The van der Waals surface area contributed by atoms with Gasteiger partial charge in [-0.05, 0) is 80.2 Å². The van der Waals surface area contributed by atoms with E-state index in [0.29, 0.717) is 5.92 Å². The fraction of sp³-hybridized carbons (Fsp3) is 0.515. The molecule has 0 aliphatic carbocycles. The molecule has 1 unspecified atom stereocenters. The van der Waals surface area contributed by atoms with Gasteiger partial charge < -0.3 is 34.9 Å². The summed E-state index contributed by atoms with van der Waals surface area (Å²) >= 11 is 0. The molecule has 3 heterocycles. The van der Waals surface area contributed by atoms with Gasteiger partial charge in [0.15, 0.2) is 11.5 Å². The van der Waals surface area contributed by atoms with Crippen LogP contribution in [0.25, 0.3) is 22.2 Å². The second kappa shape index (κ2) is 17.0. The number of aromatic nitrogens is 1. The smallest absolute Gasteiger partial charge is 0.490 e. The normalized spacial score (nSPS) is 17.4. The van der Waals surface area contributed by atoms with Gasteiger partial charge in [0.1, 0.15) is 0 Å². The van der Waals surface area contributed by atoms with Crippen molar-refractivity contribution >= 4 is 28.5 Å². The summed E-state index contributed by atoms with van der Waals surface area (Å²) < 4.78 is 74.5. The predicted molar refractivity (Wildman–Crippen MR) is 173 cm³/mol. The zero-order valence-corrected chi connectivity index (χ0v) is 27.7. The SMILES string of the molecule is COc1ccc(-c2[nH]c3ccc(N4CCN(C5CCCNCC5)CC4)cc3c2C(C)C)cc1OC.O=C(O)C(F)(F)F.O=C(O)C(F)(F)F. The Bertz CT molecular complexity index is 1520. The number of anilines is 1. The summed E-state index contributed by atoms with van der Waals surface area (Å²) in [6.07, 6.45) is -6.25. The van der Waals surface area contributed by atoms with E-state index in [0.717, 1.165) is 55.8 Å². The number of hydrogen-bond acceptors (Lipinski definition) is 7. The first-order valence-corrected chi connectivity index (χ1v) is 15.7. The van der Waals surface area contributed by atoms with Crippen LogP contribution in [0.3, 0.4) is 0 Å². The van der Waals surface area contributed by atoms with E-state index in [2.05, 4.69) is 64.3 Å². The fourth-order valence-corrected chi connectivity index (χ4v) is 5.93. The van der Waals surface area contributed by atoms with Gasteiger partial charge in [-0.2, -0.15) is 26.3 Å². The minimum absolute atomic E-state index is 0.391. The van der Waals surface area contributed by atoms with Crippen LogP contribution >= 0.6 is 0 Å². The van der Waals surface area contributed by atoms with Crippen molar-refractivity contribution in [1.82, 2.24) is 15.2 Å². The third kappa shape index (κ3) is 10.7. The highest BCUT2D eigenvalue weighted by molar-refractivity contribution is 5.94. The minimum Gasteiger partial charge on any atom is -0.493 e. The minimum atomic E-state index is -5.08. The Morgan fingerprint density at radius 2 is 1.43 bits per heavy atom. The zero-order chi connectivity index (χ0) is 36.5. The lowest BCUT2D eigenvalue weighted by molar-refractivity contribution is -0.193. The molecule has 3 aromatic rings. The van der Waals surface area contributed by atoms with Crippen LogP contribution in [0.1, 0.15) is 44.6 Å². The summed E-state index contributed by atoms with van der Waals surface area (Å²) in [4.78, 5) is 26.8. The van der Waals surface area contributed by atoms with Gasteiger partial charge in [-0.1, -0.05) is 13.8 Å². The van der Waals surface area contributed by atoms with Crippen molar-refractivity contribution in [3.8, 4) is 22.8 Å². The number of piperazine rings is 1. The maximum Gasteiger partial charge on any atom is 0.490 e. The monoisotopic (exact) mass is 704 g/mol. The van der Waals surface area contributed by atoms with E-state index >= 15 is 0 Å². The number of aliphatic carboxylic acids is 2. The summed E-state index contributed by atoms with van der Waals surface area (Å²) in [5.41, 5.74) is 6.17. The van der Waals surface area contributed by atoms with E-state index in [9.17, 15) is 26.3 Å². The summed E-state index contributed by atoms with van der Waals surface area (Å²) in [6, 6.07) is 13.8. The van der Waals surface area contributed by atoms with Crippen LogP contribution < -0.4 is 19.7 Å². The molecule has 4 N–H and O–H groups in total. The number of methoxy groups -OCH3 is 2. The van der Waals surface area contributed by atoms with Crippen LogP contribution in [0.5, 0.6) is 11.5 Å². The standard InChI is InChI=1S/C29H40N4O2.2C2HF3O2/c1-20(2)28-24-19-23(33-16-14-32(15-17-33)22-6-5-12-30-13-11-22)8-9-25(24)31-29(28)21-7-10-26(34-3)27(18-21)35-4;2*3-2(4,5)1(6)7/h7-10,18-20,22,30-31H,5-6,11-17H2,1-4H3;2*(H,6,7). The van der Waals surface area contributed by atoms with Crippen molar-refractivity contribution < 1.29 is 55.6 Å². The number of benzene rings is 2. The number of carbonyl (C=O) groups is 2. The Morgan fingerprint density at radius 3 is 1.96 bits per heavy atom. The van der Waals surface area contributed by atoms with Crippen LogP contribution in [-0.4, -0.2) is 104 Å². The van der Waals surface area contributed by atoms with Crippen molar-refractivity contribution in [2.75, 3.05) is 58.4 Å². The molecule has 2 aliphatic rings. The van der Waals surface area contributed by atoms with Gasteiger partial charge in [0.25, 0.3) is 0 Å². The molecule has 16 heteroatoms. The first-order chi connectivity index (χ1) is 23.0. The van der Waals surface area contributed by atoms with E-state index < -0.39 is 24.3 Å². The van der Waals surface area contributed by atoms with Crippen molar-refractivity contribution in [3.05, 3.63) is 42.0 Å². The molecule has 2 fully saturated rings. The summed E-state index contributed by atoms with van der Waals surface area (Å²) in [5.74, 6) is -3.62. The molecule has 0 radical (unpaired) electrons. The highest BCUT2D eigenvalue weighted by Crippen LogP contribution is 2.40. The number of carboxylic acid groups (broad SMARTS) is 2. The Balaban J connectivity index is 0.000000392. The Labute approximate surface area is 280 Å². The molecule has 1 atom stereocenters. The van der Waals surface area contributed by atoms with E-state index in [4.69, 9.17) is 29.3 Å². The van der Waals surface area contributed by atoms with Gasteiger partial charge in [0.2, 0.25) is 0 Å². The highest BCUT2D eigenvalue weighted by atomic mass is 19.4. The Morgan fingerprint density at radius 1 is 0.837 bits per heavy atom.